The third-order valence-corrected chi connectivity index (χ3v) is 6.53. The molecule has 0 spiro atoms. The zero-order valence-electron chi connectivity index (χ0n) is 18.0. The second-order valence-electron chi connectivity index (χ2n) is 8.55. The van der Waals surface area contributed by atoms with Gasteiger partial charge in [0.1, 0.15) is 5.82 Å². The van der Waals surface area contributed by atoms with E-state index in [9.17, 15) is 14.3 Å². The van der Waals surface area contributed by atoms with Crippen molar-refractivity contribution in [3.8, 4) is 11.3 Å². The standard InChI is InChI=1S/C25H28FN3O2/c1-18(2)25(12-4-13-29(25)24(30)31)21-6-3-5-20(15-21)23-16-27-17-28(23)14-11-19-7-9-22(26)10-8-19/h3,5-10,15-18H,4,11-14H2,1-2H3,(H,30,31). The lowest BCUT2D eigenvalue weighted by molar-refractivity contribution is 0.0732. The van der Waals surface area contributed by atoms with Crippen molar-refractivity contribution in [2.75, 3.05) is 6.54 Å². The Morgan fingerprint density at radius 1 is 1.23 bits per heavy atom. The summed E-state index contributed by atoms with van der Waals surface area (Å²) in [7, 11) is 0. The molecule has 3 aromatic rings. The molecule has 2 heterocycles. The fourth-order valence-corrected chi connectivity index (χ4v) is 4.93. The molecule has 1 atom stereocenters. The molecule has 2 aromatic carbocycles. The Bertz CT molecular complexity index is 1060. The minimum absolute atomic E-state index is 0.157. The normalized spacial score (nSPS) is 18.6. The van der Waals surface area contributed by atoms with Gasteiger partial charge < -0.3 is 9.67 Å². The molecular formula is C25H28FN3O2. The molecule has 1 unspecified atom stereocenters. The van der Waals surface area contributed by atoms with E-state index < -0.39 is 11.6 Å². The first-order valence-electron chi connectivity index (χ1n) is 10.8. The molecule has 0 aliphatic carbocycles. The second-order valence-corrected chi connectivity index (χ2v) is 8.55. The minimum atomic E-state index is -0.860. The van der Waals surface area contributed by atoms with Crippen molar-refractivity contribution >= 4 is 6.09 Å². The Labute approximate surface area is 182 Å². The Kier molecular flexibility index (Phi) is 5.81. The molecule has 1 N–H and O–H groups in total. The molecule has 1 fully saturated rings. The first-order chi connectivity index (χ1) is 14.9. The molecule has 0 radical (unpaired) electrons. The molecule has 1 saturated heterocycles. The third kappa shape index (κ3) is 3.94. The van der Waals surface area contributed by atoms with Gasteiger partial charge in [-0.05, 0) is 54.5 Å². The number of rotatable bonds is 6. The number of amides is 1. The maximum Gasteiger partial charge on any atom is 0.408 e. The zero-order chi connectivity index (χ0) is 22.0. The van der Waals surface area contributed by atoms with Crippen LogP contribution < -0.4 is 0 Å². The van der Waals surface area contributed by atoms with Crippen LogP contribution >= 0.6 is 0 Å². The van der Waals surface area contributed by atoms with Gasteiger partial charge in [-0.3, -0.25) is 4.90 Å². The maximum absolute atomic E-state index is 13.2. The number of hydrogen-bond acceptors (Lipinski definition) is 2. The van der Waals surface area contributed by atoms with Gasteiger partial charge in [-0.1, -0.05) is 44.2 Å². The van der Waals surface area contributed by atoms with E-state index in [0.29, 0.717) is 6.54 Å². The Morgan fingerprint density at radius 2 is 2.00 bits per heavy atom. The fourth-order valence-electron chi connectivity index (χ4n) is 4.93. The molecule has 5 nitrogen and oxygen atoms in total. The number of halogens is 1. The van der Waals surface area contributed by atoms with Gasteiger partial charge in [-0.15, -0.1) is 0 Å². The number of benzene rings is 2. The van der Waals surface area contributed by atoms with Crippen LogP contribution in [0.2, 0.25) is 0 Å². The fraction of sp³-hybridized carbons (Fsp3) is 0.360. The topological polar surface area (TPSA) is 58.4 Å². The van der Waals surface area contributed by atoms with Crippen LogP contribution in [0.15, 0.2) is 61.1 Å². The molecule has 4 rings (SSSR count). The van der Waals surface area contributed by atoms with Crippen molar-refractivity contribution in [1.29, 1.82) is 0 Å². The SMILES string of the molecule is CC(C)C1(c2cccc(-c3cncn3CCc3ccc(F)cc3)c2)CCCN1C(=O)O. The second kappa shape index (κ2) is 8.53. The van der Waals surface area contributed by atoms with Gasteiger partial charge in [0.05, 0.1) is 23.8 Å². The van der Waals surface area contributed by atoms with Gasteiger partial charge in [-0.2, -0.15) is 0 Å². The van der Waals surface area contributed by atoms with Gasteiger partial charge in [0, 0.05) is 18.7 Å². The van der Waals surface area contributed by atoms with E-state index in [2.05, 4.69) is 29.5 Å². The molecule has 6 heteroatoms. The number of aromatic nitrogens is 2. The monoisotopic (exact) mass is 421 g/mol. The van der Waals surface area contributed by atoms with Crippen molar-refractivity contribution in [1.82, 2.24) is 14.5 Å². The number of carboxylic acid groups (broad SMARTS) is 1. The van der Waals surface area contributed by atoms with E-state index in [1.54, 1.807) is 17.0 Å². The van der Waals surface area contributed by atoms with Gasteiger partial charge in [0.15, 0.2) is 0 Å². The summed E-state index contributed by atoms with van der Waals surface area (Å²) in [5.74, 6) is -0.0741. The Balaban J connectivity index is 1.64. The van der Waals surface area contributed by atoms with E-state index in [4.69, 9.17) is 0 Å². The van der Waals surface area contributed by atoms with Crippen LogP contribution in [0.3, 0.4) is 0 Å². The first kappa shape index (κ1) is 21.1. The largest absolute Gasteiger partial charge is 0.465 e. The number of imidazole rings is 1. The van der Waals surface area contributed by atoms with Gasteiger partial charge in [0.25, 0.3) is 0 Å². The van der Waals surface area contributed by atoms with Crippen LogP contribution in [-0.2, 0) is 18.5 Å². The molecule has 0 bridgehead atoms. The van der Waals surface area contributed by atoms with E-state index in [0.717, 1.165) is 48.2 Å². The summed E-state index contributed by atoms with van der Waals surface area (Å²) in [6.07, 6.45) is 5.25. The molecule has 1 aliphatic heterocycles. The number of hydrogen-bond donors (Lipinski definition) is 1. The van der Waals surface area contributed by atoms with Crippen molar-refractivity contribution < 1.29 is 14.3 Å². The molecule has 31 heavy (non-hydrogen) atoms. The van der Waals surface area contributed by atoms with Crippen molar-refractivity contribution in [3.05, 3.63) is 78.0 Å². The average Bonchev–Trinajstić information content (AvgIpc) is 3.41. The molecule has 162 valence electrons. The summed E-state index contributed by atoms with van der Waals surface area (Å²) < 4.78 is 15.3. The predicted octanol–water partition coefficient (Wildman–Crippen LogP) is 5.56. The van der Waals surface area contributed by atoms with E-state index in [1.165, 1.54) is 12.1 Å². The molecule has 1 amide bonds. The highest BCUT2D eigenvalue weighted by molar-refractivity contribution is 5.68. The molecule has 1 aromatic heterocycles. The van der Waals surface area contributed by atoms with Gasteiger partial charge in [-0.25, -0.2) is 14.2 Å². The summed E-state index contributed by atoms with van der Waals surface area (Å²) in [4.78, 5) is 18.0. The highest BCUT2D eigenvalue weighted by Crippen LogP contribution is 2.45. The zero-order valence-corrected chi connectivity index (χ0v) is 18.0. The third-order valence-electron chi connectivity index (χ3n) is 6.53. The number of nitrogens with zero attached hydrogens (tertiary/aromatic N) is 3. The summed E-state index contributed by atoms with van der Waals surface area (Å²) in [5, 5.41) is 9.84. The lowest BCUT2D eigenvalue weighted by Gasteiger charge is -2.41. The van der Waals surface area contributed by atoms with Crippen LogP contribution in [0.1, 0.15) is 37.8 Å². The lowest BCUT2D eigenvalue weighted by atomic mass is 9.77. The van der Waals surface area contributed by atoms with Crippen molar-refractivity contribution in [2.45, 2.75) is 45.2 Å². The lowest BCUT2D eigenvalue weighted by Crippen LogP contribution is -2.48. The summed E-state index contributed by atoms with van der Waals surface area (Å²) in [6, 6.07) is 14.8. The summed E-state index contributed by atoms with van der Waals surface area (Å²) in [6.45, 7) is 5.48. The van der Waals surface area contributed by atoms with E-state index in [1.807, 2.05) is 30.7 Å². The van der Waals surface area contributed by atoms with Crippen LogP contribution in [-0.4, -0.2) is 32.2 Å². The first-order valence-corrected chi connectivity index (χ1v) is 10.8. The number of aryl methyl sites for hydroxylation is 2. The highest BCUT2D eigenvalue weighted by Gasteiger charge is 2.47. The van der Waals surface area contributed by atoms with Crippen LogP contribution in [0, 0.1) is 11.7 Å². The Hall–Kier alpha value is -3.15. The Morgan fingerprint density at radius 3 is 2.71 bits per heavy atom. The number of carbonyl (C=O) groups is 1. The van der Waals surface area contributed by atoms with Crippen LogP contribution in [0.5, 0.6) is 0 Å². The number of likely N-dealkylation sites (tertiary alicyclic amines) is 1. The van der Waals surface area contributed by atoms with Crippen LogP contribution in [0.25, 0.3) is 11.3 Å². The van der Waals surface area contributed by atoms with Crippen molar-refractivity contribution in [3.63, 3.8) is 0 Å². The molecule has 0 saturated carbocycles. The molecule has 1 aliphatic rings. The highest BCUT2D eigenvalue weighted by atomic mass is 19.1. The smallest absolute Gasteiger partial charge is 0.408 e. The maximum atomic E-state index is 13.2. The quantitative estimate of drug-likeness (QED) is 0.567. The summed E-state index contributed by atoms with van der Waals surface area (Å²) in [5.41, 5.74) is 3.60. The molecular weight excluding hydrogens is 393 g/mol. The summed E-state index contributed by atoms with van der Waals surface area (Å²) >= 11 is 0. The average molecular weight is 422 g/mol. The minimum Gasteiger partial charge on any atom is -0.465 e. The van der Waals surface area contributed by atoms with Crippen molar-refractivity contribution in [2.24, 2.45) is 5.92 Å². The van der Waals surface area contributed by atoms with E-state index >= 15 is 0 Å². The van der Waals surface area contributed by atoms with Gasteiger partial charge in [0.2, 0.25) is 0 Å². The van der Waals surface area contributed by atoms with E-state index in [-0.39, 0.29) is 11.7 Å². The van der Waals surface area contributed by atoms with Crippen LogP contribution in [0.4, 0.5) is 9.18 Å². The van der Waals surface area contributed by atoms with Gasteiger partial charge >= 0.3 is 6.09 Å². The predicted molar refractivity (Wildman–Crippen MR) is 118 cm³/mol.